The molecule has 5 rings (SSSR count). The first-order valence-corrected chi connectivity index (χ1v) is 12.4. The van der Waals surface area contributed by atoms with E-state index < -0.39 is 17.7 Å². The van der Waals surface area contributed by atoms with Crippen LogP contribution in [0.5, 0.6) is 11.5 Å². The minimum absolute atomic E-state index is 0.0797. The minimum atomic E-state index is -0.959. The van der Waals surface area contributed by atoms with Crippen molar-refractivity contribution in [1.29, 1.82) is 0 Å². The zero-order valence-electron chi connectivity index (χ0n) is 18.8. The lowest BCUT2D eigenvalue weighted by molar-refractivity contribution is -0.136. The van der Waals surface area contributed by atoms with Crippen LogP contribution < -0.4 is 25.5 Å². The number of halogens is 3. The maximum atomic E-state index is 13.2. The molecule has 3 amide bonds. The zero-order valence-corrected chi connectivity index (χ0v) is 21.9. The summed E-state index contributed by atoms with van der Waals surface area (Å²) in [5.41, 5.74) is 4.16. The van der Waals surface area contributed by atoms with E-state index in [1.54, 1.807) is 54.6 Å². The van der Waals surface area contributed by atoms with Crippen LogP contribution >= 0.6 is 39.1 Å². The van der Waals surface area contributed by atoms with Crippen LogP contribution in [0.1, 0.15) is 16.1 Å². The number of ether oxygens (including phenoxy) is 2. The summed E-state index contributed by atoms with van der Waals surface area (Å²) in [5, 5.41) is 6.59. The molecule has 2 heterocycles. The number of hydrogen-bond acceptors (Lipinski definition) is 5. The molecule has 1 aromatic heterocycles. The molecule has 0 fully saturated rings. The molecule has 0 atom stereocenters. The highest BCUT2D eigenvalue weighted by Crippen LogP contribution is 2.32. The Morgan fingerprint density at radius 3 is 2.54 bits per heavy atom. The fourth-order valence-corrected chi connectivity index (χ4v) is 4.55. The molecule has 0 spiro atoms. The van der Waals surface area contributed by atoms with Crippen molar-refractivity contribution < 1.29 is 23.9 Å². The van der Waals surface area contributed by atoms with Gasteiger partial charge in [0.15, 0.2) is 11.5 Å². The number of nitrogens with zero attached hydrogens (tertiary/aromatic N) is 1. The van der Waals surface area contributed by atoms with E-state index in [0.717, 1.165) is 10.0 Å². The van der Waals surface area contributed by atoms with Crippen molar-refractivity contribution in [3.63, 3.8) is 0 Å². The first-order valence-electron chi connectivity index (χ1n) is 10.8. The van der Waals surface area contributed by atoms with E-state index in [2.05, 4.69) is 32.0 Å². The van der Waals surface area contributed by atoms with Gasteiger partial charge in [-0.3, -0.25) is 19.8 Å². The Kier molecular flexibility index (Phi) is 6.96. The summed E-state index contributed by atoms with van der Waals surface area (Å²) < 4.78 is 12.6. The number of rotatable bonds is 5. The lowest BCUT2D eigenvalue weighted by Crippen LogP contribution is -2.39. The number of benzene rings is 3. The van der Waals surface area contributed by atoms with Gasteiger partial charge in [-0.1, -0.05) is 45.2 Å². The summed E-state index contributed by atoms with van der Waals surface area (Å²) >= 11 is 15.5. The summed E-state index contributed by atoms with van der Waals surface area (Å²) in [4.78, 5) is 38.5. The molecule has 9 nitrogen and oxygen atoms in total. The molecule has 0 unspecified atom stereocenters. The molecule has 3 N–H and O–H groups in total. The van der Waals surface area contributed by atoms with Gasteiger partial charge < -0.3 is 20.1 Å². The van der Waals surface area contributed by atoms with Crippen molar-refractivity contribution >= 4 is 73.4 Å². The van der Waals surface area contributed by atoms with E-state index in [9.17, 15) is 14.4 Å². The van der Waals surface area contributed by atoms with Gasteiger partial charge in [0.2, 0.25) is 6.79 Å². The average molecular weight is 604 g/mol. The largest absolute Gasteiger partial charge is 0.454 e. The summed E-state index contributed by atoms with van der Waals surface area (Å²) in [7, 11) is 0. The Labute approximate surface area is 228 Å². The Morgan fingerprint density at radius 2 is 1.73 bits per heavy atom. The molecule has 0 bridgehead atoms. The van der Waals surface area contributed by atoms with Gasteiger partial charge in [-0.05, 0) is 60.2 Å². The van der Waals surface area contributed by atoms with E-state index in [1.807, 2.05) is 0 Å². The quantitative estimate of drug-likeness (QED) is 0.276. The summed E-state index contributed by atoms with van der Waals surface area (Å²) in [5.74, 6) is -1.22. The van der Waals surface area contributed by atoms with Gasteiger partial charge in [-0.25, -0.2) is 4.68 Å². The van der Waals surface area contributed by atoms with Crippen LogP contribution in [0.2, 0.25) is 10.0 Å². The fraction of sp³-hybridized carbons (Fsp3) is 0.0800. The molecule has 3 aromatic carbocycles. The van der Waals surface area contributed by atoms with E-state index in [1.165, 1.54) is 10.7 Å². The van der Waals surface area contributed by atoms with Crippen LogP contribution in [-0.4, -0.2) is 29.2 Å². The molecule has 12 heteroatoms. The highest BCUT2D eigenvalue weighted by Gasteiger charge is 2.22. The number of hydrogen-bond donors (Lipinski definition) is 3. The third-order valence-corrected chi connectivity index (χ3v) is 6.53. The first kappa shape index (κ1) is 24.9. The molecule has 0 saturated carbocycles. The Hall–Kier alpha value is -3.73. The number of carbonyl (C=O) groups is 3. The number of anilines is 1. The van der Waals surface area contributed by atoms with Gasteiger partial charge in [0.25, 0.3) is 5.91 Å². The predicted octanol–water partition coefficient (Wildman–Crippen LogP) is 5.08. The third kappa shape index (κ3) is 5.36. The van der Waals surface area contributed by atoms with Gasteiger partial charge >= 0.3 is 11.8 Å². The van der Waals surface area contributed by atoms with Crippen LogP contribution in [0, 0.1) is 0 Å². The Bertz CT molecular complexity index is 1570. The van der Waals surface area contributed by atoms with Gasteiger partial charge in [0.1, 0.15) is 5.69 Å². The topological polar surface area (TPSA) is 111 Å². The van der Waals surface area contributed by atoms with Crippen molar-refractivity contribution in [2.24, 2.45) is 0 Å². The average Bonchev–Trinajstić information content (AvgIpc) is 3.48. The number of fused-ring (bicyclic) bond motifs is 2. The van der Waals surface area contributed by atoms with Crippen LogP contribution in [0.15, 0.2) is 65.1 Å². The van der Waals surface area contributed by atoms with E-state index >= 15 is 0 Å². The van der Waals surface area contributed by atoms with E-state index in [-0.39, 0.29) is 24.1 Å². The number of amides is 3. The maximum Gasteiger partial charge on any atom is 0.328 e. The molecule has 188 valence electrons. The zero-order chi connectivity index (χ0) is 26.1. The number of aromatic nitrogens is 1. The third-order valence-electron chi connectivity index (χ3n) is 5.49. The molecule has 1 aliphatic heterocycles. The first-order chi connectivity index (χ1) is 17.8. The standard InChI is InChI=1S/C25H17BrCl2N4O5/c26-15-2-5-19-14(8-15)9-20(23(33)30-18-4-3-16(27)10-17(18)28)32(19)31-25(35)24(34)29-11-13-1-6-21-22(7-13)37-12-36-21/h1-10H,11-12H2,(H,29,34)(H,30,33)(H,31,35). The van der Waals surface area contributed by atoms with Crippen LogP contribution in [0.4, 0.5) is 5.69 Å². The monoisotopic (exact) mass is 602 g/mol. The molecule has 0 saturated heterocycles. The lowest BCUT2D eigenvalue weighted by Gasteiger charge is -2.13. The smallest absolute Gasteiger partial charge is 0.328 e. The van der Waals surface area contributed by atoms with Crippen LogP contribution in [-0.2, 0) is 16.1 Å². The van der Waals surface area contributed by atoms with Crippen molar-refractivity contribution in [1.82, 2.24) is 9.99 Å². The maximum absolute atomic E-state index is 13.2. The van der Waals surface area contributed by atoms with Gasteiger partial charge in [-0.15, -0.1) is 0 Å². The number of nitrogens with one attached hydrogen (secondary N) is 3. The summed E-state index contributed by atoms with van der Waals surface area (Å²) in [6, 6.07) is 16.7. The molecule has 0 radical (unpaired) electrons. The van der Waals surface area contributed by atoms with E-state index in [4.69, 9.17) is 32.7 Å². The SMILES string of the molecule is O=C(NCc1ccc2c(c1)OCO2)C(=O)Nn1c(C(=O)Nc2ccc(Cl)cc2Cl)cc2cc(Br)ccc21. The van der Waals surface area contributed by atoms with E-state index in [0.29, 0.717) is 33.1 Å². The van der Waals surface area contributed by atoms with Crippen molar-refractivity contribution in [2.75, 3.05) is 17.5 Å². The lowest BCUT2D eigenvalue weighted by atomic mass is 10.2. The van der Waals surface area contributed by atoms with Gasteiger partial charge in [-0.2, -0.15) is 0 Å². The summed E-state index contributed by atoms with van der Waals surface area (Å²) in [6.07, 6.45) is 0. The van der Waals surface area contributed by atoms with Crippen LogP contribution in [0.3, 0.4) is 0 Å². The Morgan fingerprint density at radius 1 is 0.919 bits per heavy atom. The molecular formula is C25H17BrCl2N4O5. The highest BCUT2D eigenvalue weighted by molar-refractivity contribution is 9.10. The molecule has 4 aromatic rings. The summed E-state index contributed by atoms with van der Waals surface area (Å²) in [6.45, 7) is 0.222. The molecular weight excluding hydrogens is 587 g/mol. The second kappa shape index (κ2) is 10.3. The van der Waals surface area contributed by atoms with Gasteiger partial charge in [0.05, 0.1) is 16.2 Å². The highest BCUT2D eigenvalue weighted by atomic mass is 79.9. The molecule has 1 aliphatic rings. The Balaban J connectivity index is 1.35. The second-order valence-corrected chi connectivity index (χ2v) is 9.72. The van der Waals surface area contributed by atoms with Crippen molar-refractivity contribution in [3.05, 3.63) is 86.4 Å². The van der Waals surface area contributed by atoms with Crippen molar-refractivity contribution in [3.8, 4) is 11.5 Å². The van der Waals surface area contributed by atoms with Crippen molar-refractivity contribution in [2.45, 2.75) is 6.54 Å². The predicted molar refractivity (Wildman–Crippen MR) is 143 cm³/mol. The fourth-order valence-electron chi connectivity index (χ4n) is 3.72. The number of carbonyl (C=O) groups excluding carboxylic acids is 3. The molecule has 37 heavy (non-hydrogen) atoms. The second-order valence-electron chi connectivity index (χ2n) is 7.96. The van der Waals surface area contributed by atoms with Gasteiger partial charge in [0, 0.05) is 21.4 Å². The minimum Gasteiger partial charge on any atom is -0.454 e. The van der Waals surface area contributed by atoms with Crippen LogP contribution in [0.25, 0.3) is 10.9 Å². The normalized spacial score (nSPS) is 11.9. The molecule has 0 aliphatic carbocycles.